The van der Waals surface area contributed by atoms with Gasteiger partial charge in [0.2, 0.25) is 5.91 Å². The summed E-state index contributed by atoms with van der Waals surface area (Å²) in [6.07, 6.45) is 0. The van der Waals surface area contributed by atoms with Gasteiger partial charge in [0.1, 0.15) is 5.82 Å². The van der Waals surface area contributed by atoms with Gasteiger partial charge in [-0.1, -0.05) is 55.9 Å². The lowest BCUT2D eigenvalue weighted by Gasteiger charge is -2.18. The fourth-order valence-corrected chi connectivity index (χ4v) is 4.35. The van der Waals surface area contributed by atoms with E-state index < -0.39 is 0 Å². The molecule has 0 radical (unpaired) electrons. The second-order valence-corrected chi connectivity index (χ2v) is 9.06. The number of aromatic nitrogens is 4. The summed E-state index contributed by atoms with van der Waals surface area (Å²) in [6.45, 7) is 10.0. The number of para-hydroxylation sites is 2. The average molecular weight is 420 g/mol. The number of carbonyl (C=O) groups excluding carboxylic acids is 1. The molecule has 0 aliphatic rings. The third-order valence-electron chi connectivity index (χ3n) is 5.08. The molecule has 1 unspecified atom stereocenters. The third kappa shape index (κ3) is 3.77. The van der Waals surface area contributed by atoms with Crippen molar-refractivity contribution in [1.82, 2.24) is 19.6 Å². The van der Waals surface area contributed by atoms with Crippen LogP contribution in [0.1, 0.15) is 43.6 Å². The SMILES string of the molecule is Cc1nc2c3ccccc3nc(SC(C)C(=O)Nc3c(C)cccc3C(C)C)n2n1. The number of aryl methyl sites for hydroxylation is 2. The van der Waals surface area contributed by atoms with Crippen molar-refractivity contribution in [1.29, 1.82) is 0 Å². The van der Waals surface area contributed by atoms with Crippen LogP contribution in [0.15, 0.2) is 47.6 Å². The molecule has 0 spiro atoms. The molecule has 2 heterocycles. The molecule has 1 atom stereocenters. The van der Waals surface area contributed by atoms with Crippen LogP contribution in [0.25, 0.3) is 16.6 Å². The molecule has 0 aliphatic carbocycles. The van der Waals surface area contributed by atoms with E-state index in [1.807, 2.05) is 57.2 Å². The van der Waals surface area contributed by atoms with Gasteiger partial charge in [-0.05, 0) is 49.9 Å². The van der Waals surface area contributed by atoms with Crippen LogP contribution in [0, 0.1) is 13.8 Å². The van der Waals surface area contributed by atoms with Crippen molar-refractivity contribution >= 4 is 39.9 Å². The summed E-state index contributed by atoms with van der Waals surface area (Å²) in [5, 5.41) is 8.88. The number of anilines is 1. The minimum Gasteiger partial charge on any atom is -0.325 e. The van der Waals surface area contributed by atoms with Crippen molar-refractivity contribution in [2.24, 2.45) is 0 Å². The molecule has 154 valence electrons. The standard InChI is InChI=1S/C23H25N5OS/c1-13(2)17-11-8-9-14(3)20(17)26-22(29)15(4)30-23-25-19-12-7-6-10-18(19)21-24-16(5)27-28(21)23/h6-13,15H,1-5H3,(H,26,29). The van der Waals surface area contributed by atoms with Gasteiger partial charge < -0.3 is 5.32 Å². The van der Waals surface area contributed by atoms with Crippen molar-refractivity contribution in [2.75, 3.05) is 5.32 Å². The Labute approximate surface area is 180 Å². The fourth-order valence-electron chi connectivity index (χ4n) is 3.49. The first-order chi connectivity index (χ1) is 14.3. The smallest absolute Gasteiger partial charge is 0.237 e. The van der Waals surface area contributed by atoms with E-state index in [0.717, 1.165) is 33.4 Å². The Morgan fingerprint density at radius 3 is 2.57 bits per heavy atom. The number of hydrogen-bond acceptors (Lipinski definition) is 5. The van der Waals surface area contributed by atoms with E-state index in [2.05, 4.69) is 35.3 Å². The van der Waals surface area contributed by atoms with Crippen LogP contribution in [-0.2, 0) is 4.79 Å². The molecule has 0 bridgehead atoms. The van der Waals surface area contributed by atoms with Crippen LogP contribution in [0.3, 0.4) is 0 Å². The zero-order valence-electron chi connectivity index (χ0n) is 17.8. The molecule has 0 fully saturated rings. The number of amides is 1. The van der Waals surface area contributed by atoms with Crippen LogP contribution in [0.4, 0.5) is 5.69 Å². The number of nitrogens with zero attached hydrogens (tertiary/aromatic N) is 4. The van der Waals surface area contributed by atoms with Gasteiger partial charge in [0, 0.05) is 11.1 Å². The Morgan fingerprint density at radius 2 is 1.80 bits per heavy atom. The van der Waals surface area contributed by atoms with Crippen molar-refractivity contribution in [3.05, 3.63) is 59.4 Å². The van der Waals surface area contributed by atoms with Gasteiger partial charge in [0.05, 0.1) is 10.8 Å². The first kappa shape index (κ1) is 20.3. The maximum atomic E-state index is 13.0. The summed E-state index contributed by atoms with van der Waals surface area (Å²) in [6, 6.07) is 14.0. The normalized spacial score (nSPS) is 12.6. The lowest BCUT2D eigenvalue weighted by molar-refractivity contribution is -0.115. The predicted octanol–water partition coefficient (Wildman–Crippen LogP) is 5.14. The second kappa shape index (κ2) is 8.07. The van der Waals surface area contributed by atoms with E-state index in [1.165, 1.54) is 11.8 Å². The van der Waals surface area contributed by atoms with E-state index in [1.54, 1.807) is 4.52 Å². The highest BCUT2D eigenvalue weighted by Crippen LogP contribution is 2.30. The van der Waals surface area contributed by atoms with Gasteiger partial charge >= 0.3 is 0 Å². The van der Waals surface area contributed by atoms with Gasteiger partial charge in [-0.3, -0.25) is 4.79 Å². The summed E-state index contributed by atoms with van der Waals surface area (Å²) in [5.41, 5.74) is 4.70. The second-order valence-electron chi connectivity index (χ2n) is 7.75. The van der Waals surface area contributed by atoms with Gasteiger partial charge in [-0.25, -0.2) is 9.97 Å². The minimum atomic E-state index is -0.356. The summed E-state index contributed by atoms with van der Waals surface area (Å²) in [5.74, 6) is 0.938. The molecule has 2 aromatic heterocycles. The molecule has 2 aromatic carbocycles. The number of hydrogen-bond donors (Lipinski definition) is 1. The van der Waals surface area contributed by atoms with Gasteiger partial charge in [0.15, 0.2) is 10.8 Å². The molecular formula is C23H25N5OS. The monoisotopic (exact) mass is 419 g/mol. The summed E-state index contributed by atoms with van der Waals surface area (Å²) >= 11 is 1.39. The molecule has 1 amide bonds. The molecule has 1 N–H and O–H groups in total. The Balaban J connectivity index is 1.65. The Kier molecular flexibility index (Phi) is 5.47. The van der Waals surface area contributed by atoms with Crippen molar-refractivity contribution < 1.29 is 4.79 Å². The molecule has 4 aromatic rings. The molecule has 4 rings (SSSR count). The van der Waals surface area contributed by atoms with Gasteiger partial charge in [-0.2, -0.15) is 4.52 Å². The van der Waals surface area contributed by atoms with Crippen molar-refractivity contribution in [3.63, 3.8) is 0 Å². The summed E-state index contributed by atoms with van der Waals surface area (Å²) in [4.78, 5) is 22.4. The van der Waals surface area contributed by atoms with Crippen LogP contribution in [-0.4, -0.2) is 30.7 Å². The molecule has 0 saturated carbocycles. The first-order valence-corrected chi connectivity index (χ1v) is 10.9. The lowest BCUT2D eigenvalue weighted by atomic mass is 9.98. The molecule has 7 heteroatoms. The number of thioether (sulfide) groups is 1. The van der Waals surface area contributed by atoms with Crippen molar-refractivity contribution in [2.45, 2.75) is 50.9 Å². The van der Waals surface area contributed by atoms with E-state index in [9.17, 15) is 4.79 Å². The summed E-state index contributed by atoms with van der Waals surface area (Å²) < 4.78 is 1.74. The maximum absolute atomic E-state index is 13.0. The maximum Gasteiger partial charge on any atom is 0.237 e. The van der Waals surface area contributed by atoms with Gasteiger partial charge in [0.25, 0.3) is 0 Å². The quantitative estimate of drug-likeness (QED) is 0.358. The highest BCUT2D eigenvalue weighted by molar-refractivity contribution is 8.00. The number of fused-ring (bicyclic) bond motifs is 3. The largest absolute Gasteiger partial charge is 0.325 e. The Morgan fingerprint density at radius 1 is 1.03 bits per heavy atom. The minimum absolute atomic E-state index is 0.0591. The fraction of sp³-hybridized carbons (Fsp3) is 0.304. The van der Waals surface area contributed by atoms with E-state index >= 15 is 0 Å². The first-order valence-electron chi connectivity index (χ1n) is 10.0. The molecular weight excluding hydrogens is 394 g/mol. The summed E-state index contributed by atoms with van der Waals surface area (Å²) in [7, 11) is 0. The third-order valence-corrected chi connectivity index (χ3v) is 6.12. The van der Waals surface area contributed by atoms with Gasteiger partial charge in [-0.15, -0.1) is 5.10 Å². The molecule has 30 heavy (non-hydrogen) atoms. The van der Waals surface area contributed by atoms with Crippen LogP contribution in [0.5, 0.6) is 0 Å². The van der Waals surface area contributed by atoms with Crippen molar-refractivity contribution in [3.8, 4) is 0 Å². The topological polar surface area (TPSA) is 72.2 Å². The predicted molar refractivity (Wildman–Crippen MR) is 122 cm³/mol. The van der Waals surface area contributed by atoms with E-state index in [-0.39, 0.29) is 11.2 Å². The molecule has 6 nitrogen and oxygen atoms in total. The average Bonchev–Trinajstić information content (AvgIpc) is 3.11. The van der Waals surface area contributed by atoms with Crippen LogP contribution < -0.4 is 5.32 Å². The zero-order valence-corrected chi connectivity index (χ0v) is 18.6. The lowest BCUT2D eigenvalue weighted by Crippen LogP contribution is -2.24. The van der Waals surface area contributed by atoms with Crippen LogP contribution >= 0.6 is 11.8 Å². The molecule has 0 saturated heterocycles. The number of carbonyl (C=O) groups is 1. The Bertz CT molecular complexity index is 1250. The highest BCUT2D eigenvalue weighted by Gasteiger charge is 2.21. The number of rotatable bonds is 5. The number of benzene rings is 2. The number of nitrogens with one attached hydrogen (secondary N) is 1. The Hall–Kier alpha value is -2.93. The van der Waals surface area contributed by atoms with Crippen LogP contribution in [0.2, 0.25) is 0 Å². The van der Waals surface area contributed by atoms with E-state index in [4.69, 9.17) is 4.98 Å². The highest BCUT2D eigenvalue weighted by atomic mass is 32.2. The van der Waals surface area contributed by atoms with E-state index in [0.29, 0.717) is 16.9 Å². The zero-order chi connectivity index (χ0) is 21.4. The molecule has 0 aliphatic heterocycles.